The predicted octanol–water partition coefficient (Wildman–Crippen LogP) is 4.83. The van der Waals surface area contributed by atoms with Crippen LogP contribution in [-0.4, -0.2) is 12.4 Å². The molecule has 0 bridgehead atoms. The molecule has 2 aromatic carbocycles. The van der Waals surface area contributed by atoms with Crippen LogP contribution in [0.5, 0.6) is 5.75 Å². The molecule has 2 rings (SSSR count). The van der Waals surface area contributed by atoms with E-state index in [0.717, 1.165) is 5.56 Å². The molecule has 0 saturated heterocycles. The second-order valence-electron chi connectivity index (χ2n) is 7.62. The fraction of sp³-hybridized carbons (Fsp3) is 0.381. The van der Waals surface area contributed by atoms with Crippen molar-refractivity contribution in [3.8, 4) is 5.75 Å². The van der Waals surface area contributed by atoms with Gasteiger partial charge in [-0.2, -0.15) is 0 Å². The summed E-state index contributed by atoms with van der Waals surface area (Å²) in [6, 6.07) is 12.9. The number of carbonyl (C=O) groups is 1. The fourth-order valence-electron chi connectivity index (χ4n) is 2.35. The lowest BCUT2D eigenvalue weighted by Crippen LogP contribution is -2.15. The number of nitrogens with two attached hydrogens (primary N) is 1. The van der Waals surface area contributed by atoms with E-state index in [4.69, 9.17) is 10.5 Å². The van der Waals surface area contributed by atoms with Crippen molar-refractivity contribution in [3.63, 3.8) is 0 Å². The third kappa shape index (κ3) is 4.38. The van der Waals surface area contributed by atoms with Crippen LogP contribution in [0.25, 0.3) is 0 Å². The minimum Gasteiger partial charge on any atom is -0.493 e. The molecule has 0 atom stereocenters. The average molecular weight is 325 g/mol. The van der Waals surface area contributed by atoms with Crippen LogP contribution in [0.1, 0.15) is 56.1 Å². The van der Waals surface area contributed by atoms with Crippen LogP contribution < -0.4 is 10.5 Å². The number of nitrogen functional groups attached to an aromatic ring is 1. The molecule has 2 aromatic rings. The van der Waals surface area contributed by atoms with E-state index in [2.05, 4.69) is 34.6 Å². The normalized spacial score (nSPS) is 11.6. The van der Waals surface area contributed by atoms with Gasteiger partial charge in [-0.25, -0.2) is 0 Å². The van der Waals surface area contributed by atoms with Crippen LogP contribution in [0.3, 0.4) is 0 Å². The summed E-state index contributed by atoms with van der Waals surface area (Å²) < 4.78 is 5.89. The molecule has 0 aliphatic carbocycles. The van der Waals surface area contributed by atoms with Gasteiger partial charge in [0.1, 0.15) is 5.75 Å². The van der Waals surface area contributed by atoms with Crippen LogP contribution in [0.4, 0.5) is 5.69 Å². The van der Waals surface area contributed by atoms with Gasteiger partial charge < -0.3 is 10.5 Å². The third-order valence-electron chi connectivity index (χ3n) is 3.84. The van der Waals surface area contributed by atoms with Crippen molar-refractivity contribution in [1.82, 2.24) is 0 Å². The Morgan fingerprint density at radius 2 is 1.71 bits per heavy atom. The summed E-state index contributed by atoms with van der Waals surface area (Å²) in [4.78, 5) is 13.0. The average Bonchev–Trinajstić information content (AvgIpc) is 2.52. The van der Waals surface area contributed by atoms with Gasteiger partial charge in [0.2, 0.25) is 0 Å². The van der Waals surface area contributed by atoms with Crippen molar-refractivity contribution < 1.29 is 9.53 Å². The first-order valence-electron chi connectivity index (χ1n) is 8.36. The highest BCUT2D eigenvalue weighted by Crippen LogP contribution is 2.30. The highest BCUT2D eigenvalue weighted by atomic mass is 16.5. The van der Waals surface area contributed by atoms with Crippen molar-refractivity contribution in [2.45, 2.75) is 40.0 Å². The van der Waals surface area contributed by atoms with E-state index in [1.54, 1.807) is 24.3 Å². The maximum Gasteiger partial charge on any atom is 0.196 e. The first-order valence-corrected chi connectivity index (χ1v) is 8.36. The standard InChI is InChI=1S/C21H27NO2/c1-14(2)13-24-19-11-8-16(21(3,4)5)12-18(19)20(23)15-6-9-17(22)10-7-15/h6-12,14H,13,22H2,1-5H3. The lowest BCUT2D eigenvalue weighted by Gasteiger charge is -2.21. The monoisotopic (exact) mass is 325 g/mol. The van der Waals surface area contributed by atoms with E-state index in [1.165, 1.54) is 0 Å². The van der Waals surface area contributed by atoms with Gasteiger partial charge in [-0.1, -0.05) is 40.7 Å². The fourth-order valence-corrected chi connectivity index (χ4v) is 2.35. The van der Waals surface area contributed by atoms with Gasteiger partial charge in [0, 0.05) is 11.3 Å². The topological polar surface area (TPSA) is 52.3 Å². The molecule has 0 heterocycles. The van der Waals surface area contributed by atoms with Gasteiger partial charge in [-0.15, -0.1) is 0 Å². The number of anilines is 1. The van der Waals surface area contributed by atoms with Gasteiger partial charge in [-0.05, 0) is 53.3 Å². The van der Waals surface area contributed by atoms with Crippen molar-refractivity contribution >= 4 is 11.5 Å². The van der Waals surface area contributed by atoms with Gasteiger partial charge in [0.15, 0.2) is 5.78 Å². The zero-order chi connectivity index (χ0) is 17.9. The number of rotatable bonds is 5. The molecule has 0 fully saturated rings. The molecule has 3 heteroatoms. The Morgan fingerprint density at radius 1 is 1.08 bits per heavy atom. The molecule has 0 aliphatic heterocycles. The summed E-state index contributed by atoms with van der Waals surface area (Å²) in [5, 5.41) is 0. The smallest absolute Gasteiger partial charge is 0.196 e. The van der Waals surface area contributed by atoms with Crippen LogP contribution in [0.15, 0.2) is 42.5 Å². The second-order valence-corrected chi connectivity index (χ2v) is 7.62. The van der Waals surface area contributed by atoms with Crippen molar-refractivity contribution in [2.24, 2.45) is 5.92 Å². The van der Waals surface area contributed by atoms with E-state index in [9.17, 15) is 4.79 Å². The van der Waals surface area contributed by atoms with Gasteiger partial charge >= 0.3 is 0 Å². The summed E-state index contributed by atoms with van der Waals surface area (Å²) in [7, 11) is 0. The molecule has 0 amide bonds. The van der Waals surface area contributed by atoms with Crippen molar-refractivity contribution in [1.29, 1.82) is 0 Å². The van der Waals surface area contributed by atoms with Gasteiger partial charge in [0.05, 0.1) is 12.2 Å². The molecule has 0 unspecified atom stereocenters. The van der Waals surface area contributed by atoms with E-state index in [1.807, 2.05) is 18.2 Å². The summed E-state index contributed by atoms with van der Waals surface area (Å²) in [6.45, 7) is 11.2. The summed E-state index contributed by atoms with van der Waals surface area (Å²) in [5.41, 5.74) is 8.66. The molecule has 0 radical (unpaired) electrons. The zero-order valence-electron chi connectivity index (χ0n) is 15.2. The summed E-state index contributed by atoms with van der Waals surface area (Å²) in [6.07, 6.45) is 0. The van der Waals surface area contributed by atoms with E-state index < -0.39 is 0 Å². The zero-order valence-corrected chi connectivity index (χ0v) is 15.2. The molecule has 0 aliphatic rings. The lowest BCUT2D eigenvalue weighted by atomic mass is 9.85. The Balaban J connectivity index is 2.46. The van der Waals surface area contributed by atoms with E-state index in [-0.39, 0.29) is 11.2 Å². The molecule has 3 nitrogen and oxygen atoms in total. The molecule has 128 valence electrons. The molecule has 0 aromatic heterocycles. The predicted molar refractivity (Wildman–Crippen MR) is 99.8 cm³/mol. The lowest BCUT2D eigenvalue weighted by molar-refractivity contribution is 0.103. The van der Waals surface area contributed by atoms with Crippen LogP contribution >= 0.6 is 0 Å². The van der Waals surface area contributed by atoms with Gasteiger partial charge in [-0.3, -0.25) is 4.79 Å². The highest BCUT2D eigenvalue weighted by Gasteiger charge is 2.20. The number of ketones is 1. The Hall–Kier alpha value is -2.29. The molecular weight excluding hydrogens is 298 g/mol. The summed E-state index contributed by atoms with van der Waals surface area (Å²) >= 11 is 0. The number of hydrogen-bond acceptors (Lipinski definition) is 3. The Labute approximate surface area is 144 Å². The Morgan fingerprint density at radius 3 is 2.25 bits per heavy atom. The minimum absolute atomic E-state index is 0.0350. The number of ether oxygens (including phenoxy) is 1. The third-order valence-corrected chi connectivity index (χ3v) is 3.84. The molecule has 24 heavy (non-hydrogen) atoms. The summed E-state index contributed by atoms with van der Waals surface area (Å²) in [5.74, 6) is 0.991. The van der Waals surface area contributed by atoms with Crippen LogP contribution in [-0.2, 0) is 5.41 Å². The maximum absolute atomic E-state index is 13.0. The largest absolute Gasteiger partial charge is 0.493 e. The highest BCUT2D eigenvalue weighted by molar-refractivity contribution is 6.11. The van der Waals surface area contributed by atoms with E-state index >= 15 is 0 Å². The number of benzene rings is 2. The number of carbonyl (C=O) groups excluding carboxylic acids is 1. The van der Waals surface area contributed by atoms with E-state index in [0.29, 0.717) is 35.1 Å². The quantitative estimate of drug-likeness (QED) is 0.632. The molecular formula is C21H27NO2. The Kier molecular flexibility index (Phi) is 5.33. The van der Waals surface area contributed by atoms with Crippen molar-refractivity contribution in [2.75, 3.05) is 12.3 Å². The first-order chi connectivity index (χ1) is 11.2. The SMILES string of the molecule is CC(C)COc1ccc(C(C)(C)C)cc1C(=O)c1ccc(N)cc1. The minimum atomic E-state index is -0.0418. The van der Waals surface area contributed by atoms with Gasteiger partial charge in [0.25, 0.3) is 0 Å². The molecule has 0 saturated carbocycles. The van der Waals surface area contributed by atoms with Crippen LogP contribution in [0.2, 0.25) is 0 Å². The van der Waals surface area contributed by atoms with Crippen molar-refractivity contribution in [3.05, 3.63) is 59.2 Å². The molecule has 2 N–H and O–H groups in total. The Bertz CT molecular complexity index is 710. The maximum atomic E-state index is 13.0. The van der Waals surface area contributed by atoms with Crippen LogP contribution in [0, 0.1) is 5.92 Å². The first kappa shape index (κ1) is 18.1. The molecule has 0 spiro atoms. The number of hydrogen-bond donors (Lipinski definition) is 1. The second kappa shape index (κ2) is 7.08.